The molecule has 0 saturated heterocycles. The van der Waals surface area contributed by atoms with Crippen molar-refractivity contribution in [3.05, 3.63) is 47.9 Å². The largest absolute Gasteiger partial charge is 0.481 e. The van der Waals surface area contributed by atoms with Crippen LogP contribution in [0.5, 0.6) is 5.88 Å². The average molecular weight is 274 g/mol. The molecule has 1 atom stereocenters. The van der Waals surface area contributed by atoms with E-state index in [1.165, 1.54) is 13.3 Å². The summed E-state index contributed by atoms with van der Waals surface area (Å²) < 4.78 is 19.2. The van der Waals surface area contributed by atoms with E-state index in [2.05, 4.69) is 16.8 Å². The maximum atomic E-state index is 14.1. The molecule has 0 radical (unpaired) electrons. The molecule has 0 amide bonds. The standard InChI is InChI=1S/C16H19FN2O/c1-11(19(2)3)12-7-5-6-8-13(12)14-9-16(20-4)18-10-15(14)17/h5-11H,1-4H3. The van der Waals surface area contributed by atoms with Crippen molar-refractivity contribution < 1.29 is 9.13 Å². The molecule has 2 rings (SSSR count). The van der Waals surface area contributed by atoms with E-state index in [4.69, 9.17) is 4.74 Å². The van der Waals surface area contributed by atoms with Gasteiger partial charge in [-0.3, -0.25) is 0 Å². The predicted octanol–water partition coefficient (Wildman–Crippen LogP) is 3.52. The second-order valence-electron chi connectivity index (χ2n) is 4.93. The minimum Gasteiger partial charge on any atom is -0.481 e. The number of hydrogen-bond donors (Lipinski definition) is 0. The van der Waals surface area contributed by atoms with E-state index in [1.807, 2.05) is 38.4 Å². The van der Waals surface area contributed by atoms with Crippen molar-refractivity contribution in [1.82, 2.24) is 9.88 Å². The molecule has 0 N–H and O–H groups in total. The molecule has 0 aliphatic heterocycles. The number of pyridine rings is 1. The van der Waals surface area contributed by atoms with Crippen LogP contribution >= 0.6 is 0 Å². The summed E-state index contributed by atoms with van der Waals surface area (Å²) in [6, 6.07) is 9.64. The highest BCUT2D eigenvalue weighted by atomic mass is 19.1. The van der Waals surface area contributed by atoms with Gasteiger partial charge in [0.2, 0.25) is 5.88 Å². The summed E-state index contributed by atoms with van der Waals surface area (Å²) in [4.78, 5) is 5.98. The molecule has 4 heteroatoms. The van der Waals surface area contributed by atoms with E-state index >= 15 is 0 Å². The molecule has 3 nitrogen and oxygen atoms in total. The number of nitrogens with zero attached hydrogens (tertiary/aromatic N) is 2. The average Bonchev–Trinajstić information content (AvgIpc) is 2.47. The van der Waals surface area contributed by atoms with Gasteiger partial charge in [0.15, 0.2) is 0 Å². The molecule has 1 aromatic heterocycles. The van der Waals surface area contributed by atoms with Gasteiger partial charge >= 0.3 is 0 Å². The molecule has 0 spiro atoms. The third-order valence-electron chi connectivity index (χ3n) is 3.52. The lowest BCUT2D eigenvalue weighted by atomic mass is 9.95. The zero-order valence-corrected chi connectivity index (χ0v) is 12.2. The summed E-state index contributed by atoms with van der Waals surface area (Å²) in [5.74, 6) is 0.0675. The quantitative estimate of drug-likeness (QED) is 0.853. The molecular formula is C16H19FN2O. The molecule has 0 aliphatic rings. The monoisotopic (exact) mass is 274 g/mol. The van der Waals surface area contributed by atoms with Gasteiger partial charge in [0.1, 0.15) is 5.82 Å². The highest BCUT2D eigenvalue weighted by molar-refractivity contribution is 5.69. The van der Waals surface area contributed by atoms with Crippen molar-refractivity contribution >= 4 is 0 Å². The Hall–Kier alpha value is -1.94. The first-order chi connectivity index (χ1) is 9.54. The number of hydrogen-bond acceptors (Lipinski definition) is 3. The highest BCUT2D eigenvalue weighted by Crippen LogP contribution is 2.32. The molecule has 1 heterocycles. The number of ether oxygens (including phenoxy) is 1. The van der Waals surface area contributed by atoms with Gasteiger partial charge in [-0.05, 0) is 32.1 Å². The van der Waals surface area contributed by atoms with Crippen LogP contribution in [0.15, 0.2) is 36.5 Å². The first-order valence-corrected chi connectivity index (χ1v) is 6.50. The van der Waals surface area contributed by atoms with Crippen LogP contribution in [0.1, 0.15) is 18.5 Å². The maximum absolute atomic E-state index is 14.1. The number of benzene rings is 1. The van der Waals surface area contributed by atoms with Gasteiger partial charge in [-0.25, -0.2) is 9.37 Å². The Morgan fingerprint density at radius 3 is 2.55 bits per heavy atom. The molecule has 0 saturated carbocycles. The van der Waals surface area contributed by atoms with E-state index in [1.54, 1.807) is 6.07 Å². The molecule has 2 aromatic rings. The first-order valence-electron chi connectivity index (χ1n) is 6.50. The van der Waals surface area contributed by atoms with Crippen LogP contribution in [0, 0.1) is 5.82 Å². The fourth-order valence-corrected chi connectivity index (χ4v) is 2.12. The SMILES string of the molecule is COc1cc(-c2ccccc2C(C)N(C)C)c(F)cn1. The molecular weight excluding hydrogens is 255 g/mol. The normalized spacial score (nSPS) is 12.5. The van der Waals surface area contributed by atoms with E-state index in [9.17, 15) is 4.39 Å². The van der Waals surface area contributed by atoms with Crippen LogP contribution in [0.4, 0.5) is 4.39 Å². The fraction of sp³-hybridized carbons (Fsp3) is 0.312. The Balaban J connectivity index is 2.58. The van der Waals surface area contributed by atoms with E-state index in [-0.39, 0.29) is 11.9 Å². The fourth-order valence-electron chi connectivity index (χ4n) is 2.12. The smallest absolute Gasteiger partial charge is 0.213 e. The third-order valence-corrected chi connectivity index (χ3v) is 3.52. The summed E-state index contributed by atoms with van der Waals surface area (Å²) in [5, 5.41) is 0. The minimum atomic E-state index is -0.343. The summed E-state index contributed by atoms with van der Waals surface area (Å²) in [6.07, 6.45) is 1.20. The van der Waals surface area contributed by atoms with E-state index in [0.717, 1.165) is 11.1 Å². The van der Waals surface area contributed by atoms with Crippen molar-refractivity contribution in [2.75, 3.05) is 21.2 Å². The Morgan fingerprint density at radius 2 is 1.90 bits per heavy atom. The third kappa shape index (κ3) is 2.80. The second kappa shape index (κ2) is 6.01. The molecule has 106 valence electrons. The molecule has 20 heavy (non-hydrogen) atoms. The zero-order valence-electron chi connectivity index (χ0n) is 12.2. The van der Waals surface area contributed by atoms with Gasteiger partial charge in [0.05, 0.1) is 13.3 Å². The number of rotatable bonds is 4. The van der Waals surface area contributed by atoms with Crippen molar-refractivity contribution in [3.63, 3.8) is 0 Å². The lowest BCUT2D eigenvalue weighted by molar-refractivity contribution is 0.321. The minimum absolute atomic E-state index is 0.185. The van der Waals surface area contributed by atoms with Crippen LogP contribution in [-0.4, -0.2) is 31.1 Å². The molecule has 0 bridgehead atoms. The molecule has 0 fully saturated rings. The van der Waals surface area contributed by atoms with Gasteiger partial charge in [0.25, 0.3) is 0 Å². The van der Waals surface area contributed by atoms with Crippen LogP contribution in [0.3, 0.4) is 0 Å². The summed E-state index contributed by atoms with van der Waals surface area (Å²) in [7, 11) is 5.54. The van der Waals surface area contributed by atoms with Crippen LogP contribution in [0.2, 0.25) is 0 Å². The van der Waals surface area contributed by atoms with Gasteiger partial charge in [-0.2, -0.15) is 0 Å². The Kier molecular flexibility index (Phi) is 4.35. The van der Waals surface area contributed by atoms with Crippen molar-refractivity contribution in [2.24, 2.45) is 0 Å². The molecule has 0 aliphatic carbocycles. The number of methoxy groups -OCH3 is 1. The zero-order chi connectivity index (χ0) is 14.7. The van der Waals surface area contributed by atoms with Gasteiger partial charge in [-0.15, -0.1) is 0 Å². The van der Waals surface area contributed by atoms with Crippen molar-refractivity contribution in [2.45, 2.75) is 13.0 Å². The summed E-state index contributed by atoms with van der Waals surface area (Å²) >= 11 is 0. The molecule has 1 unspecified atom stereocenters. The van der Waals surface area contributed by atoms with E-state index < -0.39 is 0 Å². The first kappa shape index (κ1) is 14.5. The summed E-state index contributed by atoms with van der Waals surface area (Å²) in [6.45, 7) is 2.09. The van der Waals surface area contributed by atoms with Crippen LogP contribution in [0.25, 0.3) is 11.1 Å². The van der Waals surface area contributed by atoms with Gasteiger partial charge in [0, 0.05) is 17.7 Å². The topological polar surface area (TPSA) is 25.4 Å². The highest BCUT2D eigenvalue weighted by Gasteiger charge is 2.16. The molecule has 1 aromatic carbocycles. The Labute approximate surface area is 119 Å². The number of aromatic nitrogens is 1. The van der Waals surface area contributed by atoms with Crippen LogP contribution in [-0.2, 0) is 0 Å². The maximum Gasteiger partial charge on any atom is 0.213 e. The summed E-state index contributed by atoms with van der Waals surface area (Å²) in [5.41, 5.74) is 2.46. The predicted molar refractivity (Wildman–Crippen MR) is 78.3 cm³/mol. The van der Waals surface area contributed by atoms with Gasteiger partial charge in [-0.1, -0.05) is 24.3 Å². The van der Waals surface area contributed by atoms with E-state index in [0.29, 0.717) is 11.4 Å². The van der Waals surface area contributed by atoms with Crippen molar-refractivity contribution in [3.8, 4) is 17.0 Å². The van der Waals surface area contributed by atoms with Crippen LogP contribution < -0.4 is 4.74 Å². The Bertz CT molecular complexity index is 599. The lowest BCUT2D eigenvalue weighted by Gasteiger charge is -2.23. The Morgan fingerprint density at radius 1 is 1.20 bits per heavy atom. The van der Waals surface area contributed by atoms with Crippen molar-refractivity contribution in [1.29, 1.82) is 0 Å². The van der Waals surface area contributed by atoms with Gasteiger partial charge < -0.3 is 9.64 Å². The number of halogens is 1. The second-order valence-corrected chi connectivity index (χ2v) is 4.93. The lowest BCUT2D eigenvalue weighted by Crippen LogP contribution is -2.17.